The van der Waals surface area contributed by atoms with Crippen LogP contribution >= 0.6 is 15.9 Å². The maximum absolute atomic E-state index is 10.4. The summed E-state index contributed by atoms with van der Waals surface area (Å²) in [4.78, 5) is 19.9. The van der Waals surface area contributed by atoms with Crippen LogP contribution in [0, 0.1) is 15.0 Å². The Morgan fingerprint density at radius 2 is 2.27 bits per heavy atom. The zero-order chi connectivity index (χ0) is 8.48. The van der Waals surface area contributed by atoms with Crippen LogP contribution in [-0.2, 0) is 0 Å². The van der Waals surface area contributed by atoms with Gasteiger partial charge in [0.1, 0.15) is 13.1 Å². The number of rotatable bonds is 3. The number of nitrogens with zero attached hydrogens (tertiary/aromatic N) is 3. The molecule has 1 heterocycles. The van der Waals surface area contributed by atoms with Crippen molar-refractivity contribution in [3.8, 4) is 0 Å². The average Bonchev–Trinajstić information content (AvgIpc) is 1.86. The third kappa shape index (κ3) is 1.20. The summed E-state index contributed by atoms with van der Waals surface area (Å²) < 4.78 is 0. The van der Waals surface area contributed by atoms with E-state index in [4.69, 9.17) is 0 Å². The molecule has 11 heavy (non-hydrogen) atoms. The lowest BCUT2D eigenvalue weighted by atomic mass is 9.95. The number of nitroso groups, excluding NO2 is 1. The van der Waals surface area contributed by atoms with Crippen molar-refractivity contribution in [1.82, 2.24) is 5.01 Å². The Morgan fingerprint density at radius 3 is 2.55 bits per heavy atom. The highest BCUT2D eigenvalue weighted by molar-refractivity contribution is 9.09. The smallest absolute Gasteiger partial charge is 0.264 e. The molecular weight excluding hydrogens is 218 g/mol. The molecule has 1 aliphatic rings. The molecule has 0 unspecified atom stereocenters. The van der Waals surface area contributed by atoms with Crippen LogP contribution in [0.5, 0.6) is 0 Å². The van der Waals surface area contributed by atoms with E-state index in [0.717, 1.165) is 5.01 Å². The summed E-state index contributed by atoms with van der Waals surface area (Å²) >= 11 is 3.03. The van der Waals surface area contributed by atoms with Gasteiger partial charge >= 0.3 is 0 Å². The molecule has 0 aromatic carbocycles. The first-order valence-corrected chi connectivity index (χ1v) is 4.05. The summed E-state index contributed by atoms with van der Waals surface area (Å²) in [5.41, 5.74) is -0.992. The number of hydrogen-bond acceptors (Lipinski definition) is 4. The van der Waals surface area contributed by atoms with E-state index in [-0.39, 0.29) is 23.3 Å². The van der Waals surface area contributed by atoms with Crippen LogP contribution in [0.25, 0.3) is 0 Å². The van der Waals surface area contributed by atoms with Gasteiger partial charge in [0.25, 0.3) is 5.54 Å². The lowest BCUT2D eigenvalue weighted by Gasteiger charge is -2.37. The van der Waals surface area contributed by atoms with E-state index in [9.17, 15) is 15.0 Å². The summed E-state index contributed by atoms with van der Waals surface area (Å²) in [5, 5.41) is 14.4. The fourth-order valence-corrected chi connectivity index (χ4v) is 1.50. The number of alkyl halides is 1. The first kappa shape index (κ1) is 8.38. The second-order valence-electron chi connectivity index (χ2n) is 2.52. The molecule has 6 nitrogen and oxygen atoms in total. The zero-order valence-corrected chi connectivity index (χ0v) is 7.15. The topological polar surface area (TPSA) is 75.8 Å². The summed E-state index contributed by atoms with van der Waals surface area (Å²) in [6.07, 6.45) is 0. The summed E-state index contributed by atoms with van der Waals surface area (Å²) in [5.74, 6) is 0. The fraction of sp³-hybridized carbons (Fsp3) is 1.00. The van der Waals surface area contributed by atoms with Crippen LogP contribution in [0.2, 0.25) is 0 Å². The maximum Gasteiger partial charge on any atom is 0.269 e. The standard InChI is InChI=1S/C4H6BrN3O3/c5-1-4(8(10)11)2-7(3-4)6-9/h1-3H2. The van der Waals surface area contributed by atoms with Gasteiger partial charge in [0.05, 0.1) is 10.6 Å². The van der Waals surface area contributed by atoms with Crippen LogP contribution in [0.3, 0.4) is 0 Å². The molecule has 0 spiro atoms. The Kier molecular flexibility index (Phi) is 2.08. The second kappa shape index (κ2) is 2.72. The SMILES string of the molecule is O=NN1CC(CBr)([N+](=O)[O-])C1. The zero-order valence-electron chi connectivity index (χ0n) is 5.57. The van der Waals surface area contributed by atoms with Crippen molar-refractivity contribution in [3.63, 3.8) is 0 Å². The molecule has 1 aliphatic heterocycles. The highest BCUT2D eigenvalue weighted by Gasteiger charge is 2.54. The van der Waals surface area contributed by atoms with E-state index in [1.54, 1.807) is 0 Å². The van der Waals surface area contributed by atoms with Crippen molar-refractivity contribution in [2.75, 3.05) is 18.4 Å². The Morgan fingerprint density at radius 1 is 1.73 bits per heavy atom. The Balaban J connectivity index is 2.56. The Bertz CT molecular complexity index is 191. The van der Waals surface area contributed by atoms with Gasteiger partial charge in [0.2, 0.25) is 0 Å². The van der Waals surface area contributed by atoms with Crippen LogP contribution in [0.1, 0.15) is 0 Å². The predicted molar refractivity (Wildman–Crippen MR) is 40.9 cm³/mol. The van der Waals surface area contributed by atoms with Gasteiger partial charge < -0.3 is 0 Å². The summed E-state index contributed by atoms with van der Waals surface area (Å²) in [6.45, 7) is 0.212. The van der Waals surface area contributed by atoms with Gasteiger partial charge in [-0.15, -0.1) is 4.91 Å². The molecule has 0 N–H and O–H groups in total. The third-order valence-corrected chi connectivity index (χ3v) is 2.75. The maximum atomic E-state index is 10.4. The van der Waals surface area contributed by atoms with Crippen molar-refractivity contribution < 1.29 is 4.92 Å². The molecule has 1 saturated heterocycles. The molecule has 0 aromatic heterocycles. The molecule has 0 atom stereocenters. The fourth-order valence-electron chi connectivity index (χ4n) is 0.940. The van der Waals surface area contributed by atoms with Gasteiger partial charge in [-0.25, -0.2) is 5.01 Å². The first-order chi connectivity index (χ1) is 5.14. The van der Waals surface area contributed by atoms with Crippen LogP contribution in [0.15, 0.2) is 5.29 Å². The normalized spacial score (nSPS) is 20.6. The lowest BCUT2D eigenvalue weighted by molar-refractivity contribution is -0.581. The van der Waals surface area contributed by atoms with E-state index in [1.165, 1.54) is 0 Å². The highest BCUT2D eigenvalue weighted by atomic mass is 79.9. The molecule has 7 heteroatoms. The molecule has 1 rings (SSSR count). The number of hydrogen-bond donors (Lipinski definition) is 0. The lowest BCUT2D eigenvalue weighted by Crippen LogP contribution is -2.65. The largest absolute Gasteiger partial charge is 0.269 e. The summed E-state index contributed by atoms with van der Waals surface area (Å²) in [6, 6.07) is 0. The van der Waals surface area contributed by atoms with Crippen molar-refractivity contribution in [2.24, 2.45) is 5.29 Å². The van der Waals surface area contributed by atoms with Gasteiger partial charge in [-0.1, -0.05) is 15.9 Å². The van der Waals surface area contributed by atoms with E-state index >= 15 is 0 Å². The molecule has 0 amide bonds. The van der Waals surface area contributed by atoms with Gasteiger partial charge in [0, 0.05) is 4.92 Å². The van der Waals surface area contributed by atoms with Crippen LogP contribution in [-0.4, -0.2) is 33.9 Å². The molecule has 1 fully saturated rings. The van der Waals surface area contributed by atoms with Gasteiger partial charge in [0.15, 0.2) is 0 Å². The van der Waals surface area contributed by atoms with E-state index in [0.29, 0.717) is 0 Å². The van der Waals surface area contributed by atoms with E-state index in [2.05, 4.69) is 21.2 Å². The quantitative estimate of drug-likeness (QED) is 0.301. The molecular formula is C4H6BrN3O3. The Hall–Kier alpha value is -0.720. The molecule has 0 aliphatic carbocycles. The minimum absolute atomic E-state index is 0.106. The van der Waals surface area contributed by atoms with Crippen molar-refractivity contribution in [3.05, 3.63) is 15.0 Å². The first-order valence-electron chi connectivity index (χ1n) is 2.93. The van der Waals surface area contributed by atoms with Gasteiger partial charge in [-0.05, 0) is 0 Å². The van der Waals surface area contributed by atoms with Crippen LogP contribution < -0.4 is 0 Å². The number of nitro groups is 1. The predicted octanol–water partition coefficient (Wildman–Crippen LogP) is 0.394. The van der Waals surface area contributed by atoms with Crippen molar-refractivity contribution in [1.29, 1.82) is 0 Å². The third-order valence-electron chi connectivity index (χ3n) is 1.71. The monoisotopic (exact) mass is 223 g/mol. The Labute approximate surface area is 70.8 Å². The highest BCUT2D eigenvalue weighted by Crippen LogP contribution is 2.26. The minimum Gasteiger partial charge on any atom is -0.264 e. The molecule has 62 valence electrons. The van der Waals surface area contributed by atoms with E-state index < -0.39 is 5.54 Å². The van der Waals surface area contributed by atoms with Crippen molar-refractivity contribution >= 4 is 15.9 Å². The second-order valence-corrected chi connectivity index (χ2v) is 3.08. The molecule has 0 radical (unpaired) electrons. The summed E-state index contributed by atoms with van der Waals surface area (Å²) in [7, 11) is 0. The van der Waals surface area contributed by atoms with Gasteiger partial charge in [-0.3, -0.25) is 10.1 Å². The van der Waals surface area contributed by atoms with Crippen LogP contribution in [0.4, 0.5) is 0 Å². The minimum atomic E-state index is -0.992. The average molecular weight is 224 g/mol. The number of halogens is 1. The van der Waals surface area contributed by atoms with Gasteiger partial charge in [-0.2, -0.15) is 0 Å². The van der Waals surface area contributed by atoms with Crippen molar-refractivity contribution in [2.45, 2.75) is 5.54 Å². The molecule has 0 aromatic rings. The van der Waals surface area contributed by atoms with E-state index in [1.807, 2.05) is 0 Å². The molecule has 0 bridgehead atoms. The molecule has 0 saturated carbocycles.